The molecule has 0 spiro atoms. The highest BCUT2D eigenvalue weighted by atomic mass is 32.2. The third-order valence-corrected chi connectivity index (χ3v) is 5.48. The Bertz CT molecular complexity index is 878. The monoisotopic (exact) mass is 375 g/mol. The van der Waals surface area contributed by atoms with E-state index >= 15 is 0 Å². The number of carbonyl (C=O) groups is 1. The zero-order chi connectivity index (χ0) is 18.6. The Balaban J connectivity index is 1.69. The third kappa shape index (κ3) is 4.63. The zero-order valence-corrected chi connectivity index (χ0v) is 15.2. The van der Waals surface area contributed by atoms with Crippen molar-refractivity contribution in [2.45, 2.75) is 30.8 Å². The maximum Gasteiger partial charge on any atom is 0.251 e. The first-order chi connectivity index (χ1) is 12.4. The number of amides is 1. The Labute approximate surface area is 152 Å². The van der Waals surface area contributed by atoms with Gasteiger partial charge in [0.15, 0.2) is 0 Å². The Hall–Kier alpha value is -2.36. The molecule has 26 heavy (non-hydrogen) atoms. The molecule has 3 N–H and O–H groups in total. The van der Waals surface area contributed by atoms with Crippen molar-refractivity contribution in [2.75, 3.05) is 13.1 Å². The van der Waals surface area contributed by atoms with Crippen molar-refractivity contribution in [3.8, 4) is 0 Å². The Morgan fingerprint density at radius 2 is 2.15 bits per heavy atom. The number of aromatic nitrogens is 2. The lowest BCUT2D eigenvalue weighted by molar-refractivity contribution is 0.0940. The highest BCUT2D eigenvalue weighted by Crippen LogP contribution is 2.13. The summed E-state index contributed by atoms with van der Waals surface area (Å²) in [6.07, 6.45) is 3.96. The molecule has 138 valence electrons. The maximum absolute atomic E-state index is 12.5. The lowest BCUT2D eigenvalue weighted by Crippen LogP contribution is -2.36. The van der Waals surface area contributed by atoms with Crippen LogP contribution in [-0.2, 0) is 16.6 Å². The van der Waals surface area contributed by atoms with Gasteiger partial charge in [0.2, 0.25) is 10.0 Å². The van der Waals surface area contributed by atoms with Crippen LogP contribution in [0.1, 0.15) is 28.2 Å². The fourth-order valence-electron chi connectivity index (χ4n) is 2.61. The van der Waals surface area contributed by atoms with Gasteiger partial charge in [0.1, 0.15) is 0 Å². The van der Waals surface area contributed by atoms with Gasteiger partial charge in [-0.2, -0.15) is 0 Å². The number of rotatable bonds is 6. The quantitative estimate of drug-likeness (QED) is 0.672. The molecule has 1 fully saturated rings. The molecule has 2 aromatic rings. The van der Waals surface area contributed by atoms with Gasteiger partial charge in [0.05, 0.1) is 29.0 Å². The van der Waals surface area contributed by atoms with Gasteiger partial charge in [0.25, 0.3) is 5.91 Å². The SMILES string of the molecule is Cc1cnc(CNS(=O)(=O)c2cccc(C(=O)N[C@H]3CCNC3)c2)cn1. The minimum absolute atomic E-state index is 0.0276. The fourth-order valence-corrected chi connectivity index (χ4v) is 3.66. The highest BCUT2D eigenvalue weighted by molar-refractivity contribution is 7.89. The van der Waals surface area contributed by atoms with Crippen LogP contribution in [0.2, 0.25) is 0 Å². The largest absolute Gasteiger partial charge is 0.348 e. The van der Waals surface area contributed by atoms with Crippen LogP contribution < -0.4 is 15.4 Å². The zero-order valence-electron chi connectivity index (χ0n) is 14.4. The molecule has 8 nitrogen and oxygen atoms in total. The van der Waals surface area contributed by atoms with Crippen LogP contribution in [-0.4, -0.2) is 43.4 Å². The number of sulfonamides is 1. The van der Waals surface area contributed by atoms with E-state index in [9.17, 15) is 13.2 Å². The molecule has 0 radical (unpaired) electrons. The van der Waals surface area contributed by atoms with Gasteiger partial charge in [0, 0.05) is 24.3 Å². The summed E-state index contributed by atoms with van der Waals surface area (Å²) < 4.78 is 27.5. The van der Waals surface area contributed by atoms with Crippen LogP contribution in [0.4, 0.5) is 0 Å². The number of aryl methyl sites for hydroxylation is 1. The van der Waals surface area contributed by atoms with Crippen LogP contribution in [0.3, 0.4) is 0 Å². The first-order valence-corrected chi connectivity index (χ1v) is 9.81. The lowest BCUT2D eigenvalue weighted by atomic mass is 10.2. The standard InChI is InChI=1S/C17H21N5O3S/c1-12-8-20-15(10-19-12)11-21-26(24,25)16-4-2-3-13(7-16)17(23)22-14-5-6-18-9-14/h2-4,7-8,10,14,18,21H,5-6,9,11H2,1H3,(H,22,23)/t14-/m0/s1. The minimum Gasteiger partial charge on any atom is -0.348 e. The van der Waals surface area contributed by atoms with Gasteiger partial charge in [-0.15, -0.1) is 0 Å². The lowest BCUT2D eigenvalue weighted by Gasteiger charge is -2.12. The Morgan fingerprint density at radius 3 is 2.85 bits per heavy atom. The summed E-state index contributed by atoms with van der Waals surface area (Å²) in [7, 11) is -3.76. The van der Waals surface area contributed by atoms with E-state index in [1.54, 1.807) is 25.3 Å². The topological polar surface area (TPSA) is 113 Å². The number of hydrogen-bond donors (Lipinski definition) is 3. The van der Waals surface area contributed by atoms with Gasteiger partial charge >= 0.3 is 0 Å². The molecule has 1 aromatic heterocycles. The second-order valence-electron chi connectivity index (χ2n) is 6.16. The van der Waals surface area contributed by atoms with Crippen LogP contribution in [0.25, 0.3) is 0 Å². The van der Waals surface area contributed by atoms with Crippen molar-refractivity contribution in [3.63, 3.8) is 0 Å². The van der Waals surface area contributed by atoms with Crippen LogP contribution in [0.5, 0.6) is 0 Å². The molecule has 2 heterocycles. The van der Waals surface area contributed by atoms with Crippen molar-refractivity contribution < 1.29 is 13.2 Å². The molecular weight excluding hydrogens is 354 g/mol. The van der Waals surface area contributed by atoms with E-state index in [2.05, 4.69) is 25.3 Å². The summed E-state index contributed by atoms with van der Waals surface area (Å²) in [5, 5.41) is 6.07. The van der Waals surface area contributed by atoms with E-state index in [1.165, 1.54) is 18.3 Å². The third-order valence-electron chi connectivity index (χ3n) is 4.08. The number of nitrogens with zero attached hydrogens (tertiary/aromatic N) is 2. The normalized spacial score (nSPS) is 17.2. The van der Waals surface area contributed by atoms with Gasteiger partial charge < -0.3 is 10.6 Å². The molecule has 9 heteroatoms. The first kappa shape index (κ1) is 18.4. The molecule has 1 aliphatic heterocycles. The summed E-state index contributed by atoms with van der Waals surface area (Å²) in [6.45, 7) is 3.42. The van der Waals surface area contributed by atoms with Gasteiger partial charge in [-0.1, -0.05) is 6.07 Å². The molecule has 1 aliphatic rings. The fraction of sp³-hybridized carbons (Fsp3) is 0.353. The summed E-state index contributed by atoms with van der Waals surface area (Å²) in [6, 6.07) is 6.06. The second-order valence-corrected chi connectivity index (χ2v) is 7.93. The molecular formula is C17H21N5O3S. The highest BCUT2D eigenvalue weighted by Gasteiger charge is 2.20. The van der Waals surface area contributed by atoms with Crippen molar-refractivity contribution in [3.05, 3.63) is 53.6 Å². The van der Waals surface area contributed by atoms with Crippen molar-refractivity contribution >= 4 is 15.9 Å². The average molecular weight is 375 g/mol. The number of benzene rings is 1. The maximum atomic E-state index is 12.5. The second kappa shape index (κ2) is 7.90. The van der Waals surface area contributed by atoms with Crippen LogP contribution in [0.15, 0.2) is 41.6 Å². The van der Waals surface area contributed by atoms with E-state index in [1.807, 2.05) is 0 Å². The van der Waals surface area contributed by atoms with Crippen LogP contribution in [0, 0.1) is 6.92 Å². The van der Waals surface area contributed by atoms with E-state index < -0.39 is 10.0 Å². The Morgan fingerprint density at radius 1 is 1.31 bits per heavy atom. The predicted octanol–water partition coefficient (Wildman–Crippen LogP) is 0.355. The molecule has 3 rings (SSSR count). The molecule has 0 aliphatic carbocycles. The minimum atomic E-state index is -3.76. The molecule has 1 amide bonds. The number of carbonyl (C=O) groups excluding carboxylic acids is 1. The van der Waals surface area contributed by atoms with Gasteiger partial charge in [-0.25, -0.2) is 13.1 Å². The van der Waals surface area contributed by atoms with Crippen LogP contribution >= 0.6 is 0 Å². The van der Waals surface area contributed by atoms with Crippen molar-refractivity contribution in [2.24, 2.45) is 0 Å². The molecule has 0 saturated carbocycles. The summed E-state index contributed by atoms with van der Waals surface area (Å²) in [5.74, 6) is -0.278. The van der Waals surface area contributed by atoms with Crippen molar-refractivity contribution in [1.82, 2.24) is 25.3 Å². The molecule has 1 saturated heterocycles. The van der Waals surface area contributed by atoms with E-state index in [4.69, 9.17) is 0 Å². The summed E-state index contributed by atoms with van der Waals surface area (Å²) >= 11 is 0. The first-order valence-electron chi connectivity index (χ1n) is 8.33. The predicted molar refractivity (Wildman–Crippen MR) is 96.0 cm³/mol. The van der Waals surface area contributed by atoms with E-state index in [0.29, 0.717) is 11.3 Å². The summed E-state index contributed by atoms with van der Waals surface area (Å²) in [5.41, 5.74) is 1.59. The average Bonchev–Trinajstić information content (AvgIpc) is 3.14. The van der Waals surface area contributed by atoms with E-state index in [0.717, 1.165) is 25.2 Å². The van der Waals surface area contributed by atoms with Gasteiger partial charge in [-0.3, -0.25) is 14.8 Å². The molecule has 1 aromatic carbocycles. The van der Waals surface area contributed by atoms with E-state index in [-0.39, 0.29) is 23.4 Å². The number of hydrogen-bond acceptors (Lipinski definition) is 6. The molecule has 1 atom stereocenters. The van der Waals surface area contributed by atoms with Crippen molar-refractivity contribution in [1.29, 1.82) is 0 Å². The molecule has 0 bridgehead atoms. The molecule has 0 unspecified atom stereocenters. The number of nitrogens with one attached hydrogen (secondary N) is 3. The summed E-state index contributed by atoms with van der Waals surface area (Å²) in [4.78, 5) is 20.6. The Kier molecular flexibility index (Phi) is 5.60. The smallest absolute Gasteiger partial charge is 0.251 e. The van der Waals surface area contributed by atoms with Gasteiger partial charge in [-0.05, 0) is 38.1 Å².